The molecule has 0 saturated carbocycles. The van der Waals surface area contributed by atoms with Crippen LogP contribution >= 0.6 is 0 Å². The minimum Gasteiger partial charge on any atom is -0.486 e. The van der Waals surface area contributed by atoms with E-state index >= 15 is 0 Å². The number of halogens is 1. The van der Waals surface area contributed by atoms with Crippen molar-refractivity contribution >= 4 is 0 Å². The molecule has 112 valence electrons. The minimum atomic E-state index is -0.323. The molecule has 0 spiro atoms. The topological polar surface area (TPSA) is 21.3 Å². The van der Waals surface area contributed by atoms with Crippen LogP contribution in [0.2, 0.25) is 0 Å². The molecule has 0 fully saturated rings. The molecule has 0 aliphatic carbocycles. The van der Waals surface area contributed by atoms with E-state index in [0.717, 1.165) is 31.5 Å². The van der Waals surface area contributed by atoms with Crippen LogP contribution in [0.5, 0.6) is 5.75 Å². The summed E-state index contributed by atoms with van der Waals surface area (Å²) in [6.45, 7) is 4.61. The third kappa shape index (κ3) is 5.20. The first-order chi connectivity index (χ1) is 10.3. The molecular formula is C18H22FNO. The zero-order valence-corrected chi connectivity index (χ0v) is 12.4. The Morgan fingerprint density at radius 3 is 2.38 bits per heavy atom. The van der Waals surface area contributed by atoms with Crippen molar-refractivity contribution < 1.29 is 9.13 Å². The van der Waals surface area contributed by atoms with Crippen molar-refractivity contribution in [2.75, 3.05) is 13.1 Å². The van der Waals surface area contributed by atoms with E-state index in [9.17, 15) is 4.39 Å². The van der Waals surface area contributed by atoms with E-state index in [4.69, 9.17) is 4.74 Å². The van der Waals surface area contributed by atoms with Crippen LogP contribution in [0.3, 0.4) is 0 Å². The fraction of sp³-hybridized carbons (Fsp3) is 0.333. The van der Waals surface area contributed by atoms with E-state index < -0.39 is 0 Å². The lowest BCUT2D eigenvalue weighted by Gasteiger charge is -2.08. The van der Waals surface area contributed by atoms with Gasteiger partial charge in [-0.05, 0) is 49.2 Å². The normalized spacial score (nSPS) is 10.6. The molecule has 2 aromatic carbocycles. The number of hydrogen-bond acceptors (Lipinski definition) is 2. The van der Waals surface area contributed by atoms with Crippen molar-refractivity contribution in [3.63, 3.8) is 0 Å². The maximum atomic E-state index is 13.4. The summed E-state index contributed by atoms with van der Waals surface area (Å²) in [7, 11) is 0. The van der Waals surface area contributed by atoms with Crippen molar-refractivity contribution in [2.45, 2.75) is 26.4 Å². The Morgan fingerprint density at radius 1 is 0.952 bits per heavy atom. The molecule has 3 heteroatoms. The molecule has 0 heterocycles. The van der Waals surface area contributed by atoms with Crippen LogP contribution in [0.15, 0.2) is 48.5 Å². The summed E-state index contributed by atoms with van der Waals surface area (Å²) in [5.74, 6) is -0.0264. The fourth-order valence-corrected chi connectivity index (χ4v) is 2.06. The predicted octanol–water partition coefficient (Wildman–Crippen LogP) is 3.95. The first kappa shape index (κ1) is 15.5. The molecular weight excluding hydrogens is 265 g/mol. The predicted molar refractivity (Wildman–Crippen MR) is 84.0 cm³/mol. The van der Waals surface area contributed by atoms with Gasteiger partial charge in [0.25, 0.3) is 0 Å². The highest BCUT2D eigenvalue weighted by molar-refractivity contribution is 5.26. The lowest BCUT2D eigenvalue weighted by Crippen LogP contribution is -2.17. The summed E-state index contributed by atoms with van der Waals surface area (Å²) >= 11 is 0. The van der Waals surface area contributed by atoms with Gasteiger partial charge in [-0.2, -0.15) is 0 Å². The Labute approximate surface area is 126 Å². The van der Waals surface area contributed by atoms with Gasteiger partial charge >= 0.3 is 0 Å². The molecule has 2 nitrogen and oxygen atoms in total. The van der Waals surface area contributed by atoms with Crippen LogP contribution in [-0.4, -0.2) is 13.1 Å². The molecule has 1 N–H and O–H groups in total. The van der Waals surface area contributed by atoms with E-state index in [1.165, 1.54) is 11.6 Å². The molecule has 2 rings (SSSR count). The Balaban J connectivity index is 1.81. The number of hydrogen-bond donors (Lipinski definition) is 1. The van der Waals surface area contributed by atoms with E-state index in [1.807, 2.05) is 12.1 Å². The van der Waals surface area contributed by atoms with Crippen molar-refractivity contribution in [1.82, 2.24) is 5.32 Å². The second kappa shape index (κ2) is 8.42. The molecule has 0 radical (unpaired) electrons. The quantitative estimate of drug-likeness (QED) is 0.742. The zero-order valence-electron chi connectivity index (χ0n) is 12.4. The highest BCUT2D eigenvalue weighted by atomic mass is 19.1. The monoisotopic (exact) mass is 287 g/mol. The van der Waals surface area contributed by atoms with E-state index in [1.54, 1.807) is 18.2 Å². The van der Waals surface area contributed by atoms with Crippen LogP contribution in [0.1, 0.15) is 24.5 Å². The largest absolute Gasteiger partial charge is 0.486 e. The van der Waals surface area contributed by atoms with Gasteiger partial charge in [-0.1, -0.05) is 43.3 Å². The van der Waals surface area contributed by atoms with Gasteiger partial charge in [-0.3, -0.25) is 0 Å². The van der Waals surface area contributed by atoms with E-state index in [-0.39, 0.29) is 5.82 Å². The van der Waals surface area contributed by atoms with Gasteiger partial charge in [0, 0.05) is 0 Å². The minimum absolute atomic E-state index is 0.297. The second-order valence-electron chi connectivity index (χ2n) is 5.04. The van der Waals surface area contributed by atoms with Gasteiger partial charge in [0.05, 0.1) is 0 Å². The summed E-state index contributed by atoms with van der Waals surface area (Å²) in [5.41, 5.74) is 2.34. The maximum absolute atomic E-state index is 13.4. The zero-order chi connectivity index (χ0) is 14.9. The summed E-state index contributed by atoms with van der Waals surface area (Å²) in [6.07, 6.45) is 2.18. The van der Waals surface area contributed by atoms with Crippen LogP contribution in [0.4, 0.5) is 4.39 Å². The maximum Gasteiger partial charge on any atom is 0.165 e. The van der Waals surface area contributed by atoms with E-state index in [0.29, 0.717) is 12.4 Å². The molecule has 0 atom stereocenters. The summed E-state index contributed by atoms with van der Waals surface area (Å²) < 4.78 is 18.9. The molecule has 0 bridgehead atoms. The number of nitrogens with one attached hydrogen (secondary N) is 1. The third-order valence-corrected chi connectivity index (χ3v) is 3.27. The Hall–Kier alpha value is -1.87. The average molecular weight is 287 g/mol. The average Bonchev–Trinajstić information content (AvgIpc) is 2.52. The Morgan fingerprint density at radius 2 is 1.67 bits per heavy atom. The third-order valence-electron chi connectivity index (χ3n) is 3.27. The molecule has 0 aliphatic heterocycles. The molecule has 0 unspecified atom stereocenters. The number of para-hydroxylation sites is 1. The fourth-order valence-electron chi connectivity index (χ4n) is 2.06. The number of rotatable bonds is 8. The van der Waals surface area contributed by atoms with Crippen molar-refractivity contribution in [2.24, 2.45) is 0 Å². The summed E-state index contributed by atoms with van der Waals surface area (Å²) in [5, 5.41) is 3.38. The summed E-state index contributed by atoms with van der Waals surface area (Å²) in [4.78, 5) is 0. The first-order valence-electron chi connectivity index (χ1n) is 7.45. The Bertz CT molecular complexity index is 539. The van der Waals surface area contributed by atoms with Gasteiger partial charge in [0.15, 0.2) is 11.6 Å². The molecule has 0 aromatic heterocycles. The lowest BCUT2D eigenvalue weighted by atomic mass is 10.1. The highest BCUT2D eigenvalue weighted by Crippen LogP contribution is 2.17. The van der Waals surface area contributed by atoms with Gasteiger partial charge in [0.2, 0.25) is 0 Å². The van der Waals surface area contributed by atoms with Crippen LogP contribution in [0, 0.1) is 5.82 Å². The molecule has 21 heavy (non-hydrogen) atoms. The molecule has 0 amide bonds. The molecule has 2 aromatic rings. The van der Waals surface area contributed by atoms with Crippen molar-refractivity contribution in [1.29, 1.82) is 0 Å². The van der Waals surface area contributed by atoms with Crippen LogP contribution in [0.25, 0.3) is 0 Å². The Kier molecular flexibility index (Phi) is 6.22. The highest BCUT2D eigenvalue weighted by Gasteiger charge is 2.02. The number of benzene rings is 2. The number of ether oxygens (including phenoxy) is 1. The van der Waals surface area contributed by atoms with Crippen LogP contribution in [-0.2, 0) is 13.0 Å². The standard InChI is InChI=1S/C18H22FNO/c1-2-12-20-13-11-15-7-9-16(10-8-15)14-21-18-6-4-3-5-17(18)19/h3-10,20H,2,11-14H2,1H3. The lowest BCUT2D eigenvalue weighted by molar-refractivity contribution is 0.290. The second-order valence-corrected chi connectivity index (χ2v) is 5.04. The van der Waals surface area contributed by atoms with Gasteiger partial charge in [-0.15, -0.1) is 0 Å². The van der Waals surface area contributed by atoms with Gasteiger partial charge in [0.1, 0.15) is 6.61 Å². The summed E-state index contributed by atoms with van der Waals surface area (Å²) in [6, 6.07) is 14.8. The van der Waals surface area contributed by atoms with Crippen molar-refractivity contribution in [3.05, 3.63) is 65.5 Å². The SMILES string of the molecule is CCCNCCc1ccc(COc2ccccc2F)cc1. The van der Waals surface area contributed by atoms with Gasteiger partial charge in [-0.25, -0.2) is 4.39 Å². The molecule has 0 aliphatic rings. The van der Waals surface area contributed by atoms with Crippen molar-refractivity contribution in [3.8, 4) is 5.75 Å². The first-order valence-corrected chi connectivity index (χ1v) is 7.45. The van der Waals surface area contributed by atoms with Gasteiger partial charge < -0.3 is 10.1 Å². The smallest absolute Gasteiger partial charge is 0.165 e. The van der Waals surface area contributed by atoms with E-state index in [2.05, 4.69) is 24.4 Å². The van der Waals surface area contributed by atoms with Crippen LogP contribution < -0.4 is 10.1 Å². The molecule has 0 saturated heterocycles.